The second-order valence-electron chi connectivity index (χ2n) is 3.71. The number of carbonyl (C=O) groups is 1. The van der Waals surface area contributed by atoms with Gasteiger partial charge in [-0.25, -0.2) is 0 Å². The summed E-state index contributed by atoms with van der Waals surface area (Å²) in [6.07, 6.45) is 2.28. The van der Waals surface area contributed by atoms with Crippen molar-refractivity contribution >= 4 is 34.7 Å². The Morgan fingerprint density at radius 1 is 1.37 bits per heavy atom. The summed E-state index contributed by atoms with van der Waals surface area (Å²) in [5.74, 6) is -0.267. The standard InChI is InChI=1S/C11H7Cl2N3O3/c12-9-2-1-7(3-10(9)13)11(17)6-15-5-8(4-14-15)16(18)19/h1-5H,6H2. The molecule has 0 atom stereocenters. The van der Waals surface area contributed by atoms with E-state index in [1.807, 2.05) is 0 Å². The third-order valence-electron chi connectivity index (χ3n) is 2.38. The van der Waals surface area contributed by atoms with E-state index in [1.54, 1.807) is 0 Å². The number of ketones is 1. The van der Waals surface area contributed by atoms with Crippen LogP contribution in [0.2, 0.25) is 10.0 Å². The van der Waals surface area contributed by atoms with E-state index in [2.05, 4.69) is 5.10 Å². The van der Waals surface area contributed by atoms with Crippen LogP contribution in [-0.4, -0.2) is 20.5 Å². The maximum Gasteiger partial charge on any atom is 0.307 e. The maximum atomic E-state index is 11.9. The molecule has 0 spiro atoms. The van der Waals surface area contributed by atoms with Gasteiger partial charge in [0.05, 0.1) is 15.0 Å². The predicted octanol–water partition coefficient (Wildman–Crippen LogP) is 2.98. The van der Waals surface area contributed by atoms with E-state index in [1.165, 1.54) is 29.1 Å². The Labute approximate surface area is 117 Å². The molecule has 2 rings (SSSR count). The fraction of sp³-hybridized carbons (Fsp3) is 0.0909. The van der Waals surface area contributed by atoms with Crippen LogP contribution in [0.15, 0.2) is 30.6 Å². The quantitative estimate of drug-likeness (QED) is 0.494. The highest BCUT2D eigenvalue weighted by Crippen LogP contribution is 2.23. The summed E-state index contributed by atoms with van der Waals surface area (Å²) in [6, 6.07) is 4.50. The van der Waals surface area contributed by atoms with Crippen molar-refractivity contribution in [2.45, 2.75) is 6.54 Å². The first kappa shape index (κ1) is 13.5. The number of Topliss-reactive ketones (excluding diaryl/α,β-unsaturated/α-hetero) is 1. The van der Waals surface area contributed by atoms with Crippen molar-refractivity contribution in [3.63, 3.8) is 0 Å². The zero-order valence-corrected chi connectivity index (χ0v) is 10.9. The van der Waals surface area contributed by atoms with Crippen LogP contribution < -0.4 is 0 Å². The summed E-state index contributed by atoms with van der Waals surface area (Å²) < 4.78 is 1.20. The Kier molecular flexibility index (Phi) is 3.82. The highest BCUT2D eigenvalue weighted by molar-refractivity contribution is 6.42. The van der Waals surface area contributed by atoms with Crippen LogP contribution in [0, 0.1) is 10.1 Å². The second-order valence-corrected chi connectivity index (χ2v) is 4.52. The van der Waals surface area contributed by atoms with E-state index in [4.69, 9.17) is 23.2 Å². The number of rotatable bonds is 4. The first-order valence-corrected chi connectivity index (χ1v) is 5.88. The molecule has 2 aromatic rings. The molecule has 0 aliphatic carbocycles. The lowest BCUT2D eigenvalue weighted by Gasteiger charge is -2.02. The summed E-state index contributed by atoms with van der Waals surface area (Å²) in [5, 5.41) is 14.9. The Bertz CT molecular complexity index is 654. The minimum atomic E-state index is -0.576. The molecule has 19 heavy (non-hydrogen) atoms. The molecule has 6 nitrogen and oxygen atoms in total. The first-order chi connectivity index (χ1) is 8.97. The molecular formula is C11H7Cl2N3O3. The molecule has 0 amide bonds. The summed E-state index contributed by atoms with van der Waals surface area (Å²) in [4.78, 5) is 21.8. The Hall–Kier alpha value is -1.92. The molecular weight excluding hydrogens is 293 g/mol. The maximum absolute atomic E-state index is 11.9. The molecule has 98 valence electrons. The normalized spacial score (nSPS) is 10.4. The van der Waals surface area contributed by atoms with Crippen molar-refractivity contribution in [2.24, 2.45) is 0 Å². The highest BCUT2D eigenvalue weighted by Gasteiger charge is 2.13. The third kappa shape index (κ3) is 3.10. The lowest BCUT2D eigenvalue weighted by atomic mass is 10.1. The molecule has 0 aliphatic rings. The Balaban J connectivity index is 2.15. The van der Waals surface area contributed by atoms with Gasteiger partial charge in [-0.15, -0.1) is 0 Å². The largest absolute Gasteiger partial charge is 0.307 e. The third-order valence-corrected chi connectivity index (χ3v) is 3.12. The van der Waals surface area contributed by atoms with Gasteiger partial charge < -0.3 is 0 Å². The van der Waals surface area contributed by atoms with Gasteiger partial charge in [-0.1, -0.05) is 23.2 Å². The zero-order chi connectivity index (χ0) is 14.0. The van der Waals surface area contributed by atoms with Crippen LogP contribution >= 0.6 is 23.2 Å². The number of aromatic nitrogens is 2. The average molecular weight is 300 g/mol. The van der Waals surface area contributed by atoms with Gasteiger partial charge in [-0.05, 0) is 18.2 Å². The van der Waals surface area contributed by atoms with Gasteiger partial charge in [0.15, 0.2) is 5.78 Å². The lowest BCUT2D eigenvalue weighted by Crippen LogP contribution is -2.10. The number of hydrogen-bond acceptors (Lipinski definition) is 4. The van der Waals surface area contributed by atoms with Crippen molar-refractivity contribution in [3.8, 4) is 0 Å². The van der Waals surface area contributed by atoms with E-state index in [0.717, 1.165) is 6.20 Å². The molecule has 0 saturated carbocycles. The van der Waals surface area contributed by atoms with Crippen molar-refractivity contribution < 1.29 is 9.72 Å². The smallest absolute Gasteiger partial charge is 0.292 e. The van der Waals surface area contributed by atoms with Crippen LogP contribution in [0.25, 0.3) is 0 Å². The molecule has 0 unspecified atom stereocenters. The summed E-state index contributed by atoms with van der Waals surface area (Å²) in [6.45, 7) is -0.105. The van der Waals surface area contributed by atoms with Crippen molar-refractivity contribution in [3.05, 3.63) is 56.3 Å². The van der Waals surface area contributed by atoms with Gasteiger partial charge in [0, 0.05) is 5.56 Å². The molecule has 1 heterocycles. The predicted molar refractivity (Wildman–Crippen MR) is 69.7 cm³/mol. The van der Waals surface area contributed by atoms with E-state index in [9.17, 15) is 14.9 Å². The minimum Gasteiger partial charge on any atom is -0.292 e. The number of nitro groups is 1. The van der Waals surface area contributed by atoms with Crippen molar-refractivity contribution in [1.29, 1.82) is 0 Å². The van der Waals surface area contributed by atoms with E-state index >= 15 is 0 Å². The van der Waals surface area contributed by atoms with Gasteiger partial charge >= 0.3 is 5.69 Å². The SMILES string of the molecule is O=C(Cn1cc([N+](=O)[O-])cn1)c1ccc(Cl)c(Cl)c1. The summed E-state index contributed by atoms with van der Waals surface area (Å²) >= 11 is 11.6. The second kappa shape index (κ2) is 5.38. The summed E-state index contributed by atoms with van der Waals surface area (Å²) in [7, 11) is 0. The van der Waals surface area contributed by atoms with Gasteiger partial charge in [0.2, 0.25) is 0 Å². The van der Waals surface area contributed by atoms with Crippen molar-refractivity contribution in [2.75, 3.05) is 0 Å². The van der Waals surface area contributed by atoms with Crippen LogP contribution in [0.1, 0.15) is 10.4 Å². The van der Waals surface area contributed by atoms with Gasteiger partial charge in [0.25, 0.3) is 0 Å². The van der Waals surface area contributed by atoms with E-state index in [-0.39, 0.29) is 23.0 Å². The molecule has 1 aromatic carbocycles. The monoisotopic (exact) mass is 299 g/mol. The molecule has 0 saturated heterocycles. The van der Waals surface area contributed by atoms with E-state index in [0.29, 0.717) is 10.6 Å². The molecule has 0 aliphatic heterocycles. The van der Waals surface area contributed by atoms with Crippen LogP contribution in [0.4, 0.5) is 5.69 Å². The van der Waals surface area contributed by atoms with Gasteiger partial charge in [-0.2, -0.15) is 5.10 Å². The molecule has 0 fully saturated rings. The van der Waals surface area contributed by atoms with Gasteiger partial charge in [0.1, 0.15) is 18.9 Å². The molecule has 8 heteroatoms. The summed E-state index contributed by atoms with van der Waals surface area (Å²) in [5.41, 5.74) is 0.203. The van der Waals surface area contributed by atoms with Crippen LogP contribution in [0.5, 0.6) is 0 Å². The topological polar surface area (TPSA) is 78.0 Å². The lowest BCUT2D eigenvalue weighted by molar-refractivity contribution is -0.385. The van der Waals surface area contributed by atoms with Crippen molar-refractivity contribution in [1.82, 2.24) is 9.78 Å². The molecule has 0 bridgehead atoms. The fourth-order valence-corrected chi connectivity index (χ4v) is 1.74. The highest BCUT2D eigenvalue weighted by atomic mass is 35.5. The van der Waals surface area contributed by atoms with Crippen LogP contribution in [-0.2, 0) is 6.54 Å². The molecule has 1 aromatic heterocycles. The number of benzene rings is 1. The first-order valence-electron chi connectivity index (χ1n) is 5.12. The minimum absolute atomic E-state index is 0.105. The average Bonchev–Trinajstić information content (AvgIpc) is 2.81. The molecule has 0 N–H and O–H groups in total. The number of nitrogens with zero attached hydrogens (tertiary/aromatic N) is 3. The van der Waals surface area contributed by atoms with Gasteiger partial charge in [-0.3, -0.25) is 19.6 Å². The van der Waals surface area contributed by atoms with E-state index < -0.39 is 4.92 Å². The Morgan fingerprint density at radius 2 is 2.11 bits per heavy atom. The Morgan fingerprint density at radius 3 is 2.68 bits per heavy atom. The number of halogens is 2. The number of carbonyl (C=O) groups excluding carboxylic acids is 1. The van der Waals surface area contributed by atoms with Crippen LogP contribution in [0.3, 0.4) is 0 Å². The zero-order valence-electron chi connectivity index (χ0n) is 9.42. The number of hydrogen-bond donors (Lipinski definition) is 0. The fourth-order valence-electron chi connectivity index (χ4n) is 1.44. The molecule has 0 radical (unpaired) electrons.